The van der Waals surface area contributed by atoms with Crippen molar-refractivity contribution in [3.63, 3.8) is 0 Å². The summed E-state index contributed by atoms with van der Waals surface area (Å²) >= 11 is 1.75. The van der Waals surface area contributed by atoms with Gasteiger partial charge in [-0.3, -0.25) is 9.48 Å². The third-order valence-electron chi connectivity index (χ3n) is 2.94. The zero-order valence-corrected chi connectivity index (χ0v) is 11.2. The minimum Gasteiger partial charge on any atom is -0.357 e. The molecular formula is C11H18N4OS. The molecule has 1 aliphatic heterocycles. The zero-order valence-electron chi connectivity index (χ0n) is 10.4. The molecule has 0 fully saturated rings. The highest BCUT2D eigenvalue weighted by Gasteiger charge is 2.29. The second-order valence-electron chi connectivity index (χ2n) is 4.12. The van der Waals surface area contributed by atoms with Crippen LogP contribution in [0.4, 0.5) is 11.5 Å². The largest absolute Gasteiger partial charge is 0.357 e. The van der Waals surface area contributed by atoms with Crippen LogP contribution in [0.1, 0.15) is 19.0 Å². The number of aryl methyl sites for hydroxylation is 2. The smallest absolute Gasteiger partial charge is 0.247 e. The first-order valence-electron chi connectivity index (χ1n) is 5.79. The Bertz CT molecular complexity index is 429. The fraction of sp³-hybridized carbons (Fsp3) is 0.636. The third kappa shape index (κ3) is 2.26. The van der Waals surface area contributed by atoms with E-state index in [0.717, 1.165) is 35.8 Å². The van der Waals surface area contributed by atoms with Gasteiger partial charge in [-0.25, -0.2) is 0 Å². The number of carbonyl (C=O) groups is 1. The maximum absolute atomic E-state index is 11.9. The molecule has 0 saturated heterocycles. The molecule has 1 atom stereocenters. The Morgan fingerprint density at radius 3 is 2.94 bits per heavy atom. The molecule has 2 N–H and O–H groups in total. The van der Waals surface area contributed by atoms with Gasteiger partial charge in [0.15, 0.2) is 0 Å². The standard InChI is InChI=1S/C11H18N4OS/c1-4-7-9-10(15(2)14-7)12-8(5-6-17-3)11(16)13-9/h8,12H,4-6H2,1-3H3,(H,13,16). The van der Waals surface area contributed by atoms with Crippen LogP contribution in [-0.4, -0.2) is 33.7 Å². The molecule has 0 radical (unpaired) electrons. The lowest BCUT2D eigenvalue weighted by Gasteiger charge is -2.25. The van der Waals surface area contributed by atoms with Gasteiger partial charge in [0.05, 0.1) is 5.69 Å². The highest BCUT2D eigenvalue weighted by atomic mass is 32.2. The van der Waals surface area contributed by atoms with E-state index >= 15 is 0 Å². The van der Waals surface area contributed by atoms with E-state index in [1.807, 2.05) is 20.2 Å². The number of anilines is 2. The summed E-state index contributed by atoms with van der Waals surface area (Å²) < 4.78 is 1.81. The zero-order chi connectivity index (χ0) is 12.4. The van der Waals surface area contributed by atoms with Crippen molar-refractivity contribution in [2.75, 3.05) is 22.6 Å². The van der Waals surface area contributed by atoms with Gasteiger partial charge in [0.2, 0.25) is 5.91 Å². The van der Waals surface area contributed by atoms with Crippen LogP contribution >= 0.6 is 11.8 Å². The van der Waals surface area contributed by atoms with Crippen molar-refractivity contribution in [2.45, 2.75) is 25.8 Å². The summed E-state index contributed by atoms with van der Waals surface area (Å²) in [7, 11) is 1.90. The highest BCUT2D eigenvalue weighted by Crippen LogP contribution is 2.30. The normalized spacial score (nSPS) is 18.5. The summed E-state index contributed by atoms with van der Waals surface area (Å²) in [5.74, 6) is 1.95. The maximum atomic E-state index is 11.9. The molecule has 1 unspecified atom stereocenters. The molecule has 1 amide bonds. The Labute approximate surface area is 105 Å². The Morgan fingerprint density at radius 2 is 2.29 bits per heavy atom. The average molecular weight is 254 g/mol. The molecule has 2 heterocycles. The molecule has 0 aromatic carbocycles. The second kappa shape index (κ2) is 5.00. The fourth-order valence-corrected chi connectivity index (χ4v) is 2.48. The Hall–Kier alpha value is -1.17. The molecule has 0 aliphatic carbocycles. The third-order valence-corrected chi connectivity index (χ3v) is 3.58. The number of nitrogens with one attached hydrogen (secondary N) is 2. The molecule has 1 aromatic rings. The van der Waals surface area contributed by atoms with Crippen LogP contribution in [0.2, 0.25) is 0 Å². The number of aromatic nitrogens is 2. The van der Waals surface area contributed by atoms with Crippen molar-refractivity contribution in [1.82, 2.24) is 9.78 Å². The maximum Gasteiger partial charge on any atom is 0.247 e. The number of amides is 1. The van der Waals surface area contributed by atoms with Crippen molar-refractivity contribution in [3.8, 4) is 0 Å². The van der Waals surface area contributed by atoms with Gasteiger partial charge in [-0.2, -0.15) is 16.9 Å². The van der Waals surface area contributed by atoms with E-state index < -0.39 is 0 Å². The molecule has 2 rings (SSSR count). The van der Waals surface area contributed by atoms with Gasteiger partial charge in [0.1, 0.15) is 17.5 Å². The van der Waals surface area contributed by atoms with Crippen LogP contribution in [0, 0.1) is 0 Å². The van der Waals surface area contributed by atoms with Crippen LogP contribution in [0.3, 0.4) is 0 Å². The average Bonchev–Trinajstić information content (AvgIpc) is 2.63. The van der Waals surface area contributed by atoms with Crippen LogP contribution in [0.15, 0.2) is 0 Å². The number of hydrogen-bond donors (Lipinski definition) is 2. The lowest BCUT2D eigenvalue weighted by Crippen LogP contribution is -2.39. The van der Waals surface area contributed by atoms with E-state index in [2.05, 4.69) is 15.7 Å². The minimum absolute atomic E-state index is 0.0502. The number of nitrogens with zero attached hydrogens (tertiary/aromatic N) is 2. The summed E-state index contributed by atoms with van der Waals surface area (Å²) in [4.78, 5) is 11.9. The van der Waals surface area contributed by atoms with Gasteiger partial charge in [-0.05, 0) is 24.9 Å². The number of rotatable bonds is 4. The highest BCUT2D eigenvalue weighted by molar-refractivity contribution is 7.98. The lowest BCUT2D eigenvalue weighted by molar-refractivity contribution is -0.117. The summed E-state index contributed by atoms with van der Waals surface area (Å²) in [5.41, 5.74) is 1.78. The van der Waals surface area contributed by atoms with E-state index in [1.54, 1.807) is 16.4 Å². The van der Waals surface area contributed by atoms with Crippen LogP contribution in [0.25, 0.3) is 0 Å². The predicted molar refractivity (Wildman–Crippen MR) is 71.6 cm³/mol. The molecule has 0 saturated carbocycles. The van der Waals surface area contributed by atoms with E-state index in [1.165, 1.54) is 0 Å². The summed E-state index contributed by atoms with van der Waals surface area (Å²) in [5, 5.41) is 10.6. The van der Waals surface area contributed by atoms with Crippen molar-refractivity contribution in [2.24, 2.45) is 7.05 Å². The molecule has 1 aromatic heterocycles. The summed E-state index contributed by atoms with van der Waals surface area (Å²) in [6.07, 6.45) is 3.70. The monoisotopic (exact) mass is 254 g/mol. The molecule has 1 aliphatic rings. The first-order valence-corrected chi connectivity index (χ1v) is 7.19. The Morgan fingerprint density at radius 1 is 1.53 bits per heavy atom. The molecule has 6 heteroatoms. The fourth-order valence-electron chi connectivity index (χ4n) is 2.00. The second-order valence-corrected chi connectivity index (χ2v) is 5.10. The van der Waals surface area contributed by atoms with Crippen molar-refractivity contribution >= 4 is 29.2 Å². The quantitative estimate of drug-likeness (QED) is 0.854. The van der Waals surface area contributed by atoms with Crippen LogP contribution in [-0.2, 0) is 18.3 Å². The first-order chi connectivity index (χ1) is 8.17. The van der Waals surface area contributed by atoms with Crippen molar-refractivity contribution in [1.29, 1.82) is 0 Å². The topological polar surface area (TPSA) is 59.0 Å². The van der Waals surface area contributed by atoms with Gasteiger partial charge >= 0.3 is 0 Å². The van der Waals surface area contributed by atoms with Crippen molar-refractivity contribution < 1.29 is 4.79 Å². The number of thioether (sulfide) groups is 1. The van der Waals surface area contributed by atoms with Crippen LogP contribution < -0.4 is 10.6 Å². The molecule has 0 bridgehead atoms. The van der Waals surface area contributed by atoms with Crippen LogP contribution in [0.5, 0.6) is 0 Å². The first kappa shape index (κ1) is 12.3. The van der Waals surface area contributed by atoms with Gasteiger partial charge in [0, 0.05) is 7.05 Å². The number of hydrogen-bond acceptors (Lipinski definition) is 4. The van der Waals surface area contributed by atoms with Crippen molar-refractivity contribution in [3.05, 3.63) is 5.69 Å². The lowest BCUT2D eigenvalue weighted by atomic mass is 10.1. The molecule has 17 heavy (non-hydrogen) atoms. The Kier molecular flexibility index (Phi) is 3.61. The molecular weight excluding hydrogens is 236 g/mol. The van der Waals surface area contributed by atoms with E-state index in [-0.39, 0.29) is 11.9 Å². The molecule has 0 spiro atoms. The van der Waals surface area contributed by atoms with Gasteiger partial charge in [-0.15, -0.1) is 0 Å². The number of carbonyl (C=O) groups excluding carboxylic acids is 1. The van der Waals surface area contributed by atoms with Gasteiger partial charge in [-0.1, -0.05) is 6.92 Å². The van der Waals surface area contributed by atoms with E-state index in [0.29, 0.717) is 0 Å². The van der Waals surface area contributed by atoms with Gasteiger partial charge in [0.25, 0.3) is 0 Å². The molecule has 5 nitrogen and oxygen atoms in total. The minimum atomic E-state index is -0.143. The SMILES string of the molecule is CCc1nn(C)c2c1NC(=O)C(CCSC)N2. The molecule has 94 valence electrons. The summed E-state index contributed by atoms with van der Waals surface area (Å²) in [6, 6.07) is -0.143. The number of fused-ring (bicyclic) bond motifs is 1. The van der Waals surface area contributed by atoms with E-state index in [9.17, 15) is 4.79 Å². The Balaban J connectivity index is 2.22. The van der Waals surface area contributed by atoms with Gasteiger partial charge < -0.3 is 10.6 Å². The predicted octanol–water partition coefficient (Wildman–Crippen LogP) is 1.47. The van der Waals surface area contributed by atoms with E-state index in [4.69, 9.17) is 0 Å². The summed E-state index contributed by atoms with van der Waals surface area (Å²) in [6.45, 7) is 2.04.